The second kappa shape index (κ2) is 7.19. The Morgan fingerprint density at radius 2 is 1.93 bits per heavy atom. The third-order valence-electron chi connectivity index (χ3n) is 5.08. The van der Waals surface area contributed by atoms with Crippen LogP contribution in [0.4, 0.5) is 18.9 Å². The van der Waals surface area contributed by atoms with Gasteiger partial charge >= 0.3 is 6.18 Å². The van der Waals surface area contributed by atoms with E-state index in [1.54, 1.807) is 6.07 Å². The highest BCUT2D eigenvalue weighted by Crippen LogP contribution is 2.36. The first kappa shape index (κ1) is 18.3. The Kier molecular flexibility index (Phi) is 4.88. The van der Waals surface area contributed by atoms with Crippen LogP contribution in [0.2, 0.25) is 0 Å². The number of benzene rings is 2. The van der Waals surface area contributed by atoms with Gasteiger partial charge in [-0.15, -0.1) is 0 Å². The number of oxime groups is 1. The number of nitrogens with zero attached hydrogens (tertiary/aromatic N) is 2. The van der Waals surface area contributed by atoms with E-state index in [0.717, 1.165) is 29.2 Å². The largest absolute Gasteiger partial charge is 0.416 e. The summed E-state index contributed by atoms with van der Waals surface area (Å²) in [5.74, 6) is 0.226. The van der Waals surface area contributed by atoms with Gasteiger partial charge in [0.2, 0.25) is 0 Å². The predicted molar refractivity (Wildman–Crippen MR) is 102 cm³/mol. The van der Waals surface area contributed by atoms with E-state index in [1.807, 2.05) is 18.2 Å². The van der Waals surface area contributed by atoms with Gasteiger partial charge < -0.3 is 9.74 Å². The van der Waals surface area contributed by atoms with Gasteiger partial charge in [-0.3, -0.25) is 0 Å². The number of hydrogen-bond donors (Lipinski definition) is 0. The lowest BCUT2D eigenvalue weighted by Gasteiger charge is -2.37. The highest BCUT2D eigenvalue weighted by atomic mass is 79.9. The Bertz CT molecular complexity index is 868. The number of fused-ring (bicyclic) bond motifs is 1. The van der Waals surface area contributed by atoms with Gasteiger partial charge in [-0.25, -0.2) is 0 Å². The molecular formula is C20H18BrF3N2O. The van der Waals surface area contributed by atoms with Crippen molar-refractivity contribution < 1.29 is 18.0 Å². The van der Waals surface area contributed by atoms with Crippen LogP contribution in [0.1, 0.15) is 23.1 Å². The lowest BCUT2D eigenvalue weighted by molar-refractivity contribution is -0.137. The van der Waals surface area contributed by atoms with Crippen molar-refractivity contribution in [3.05, 3.63) is 65.2 Å². The topological polar surface area (TPSA) is 24.8 Å². The van der Waals surface area contributed by atoms with Gasteiger partial charge in [0.15, 0.2) is 0 Å². The van der Waals surface area contributed by atoms with E-state index in [4.69, 9.17) is 4.84 Å². The molecule has 0 saturated carbocycles. The molecule has 0 amide bonds. The summed E-state index contributed by atoms with van der Waals surface area (Å²) >= 11 is 3.38. The summed E-state index contributed by atoms with van der Waals surface area (Å²) < 4.78 is 39.9. The summed E-state index contributed by atoms with van der Waals surface area (Å²) in [5.41, 5.74) is 2.29. The molecule has 2 aromatic rings. The third-order valence-corrected chi connectivity index (χ3v) is 5.55. The Morgan fingerprint density at radius 1 is 1.11 bits per heavy atom. The van der Waals surface area contributed by atoms with E-state index >= 15 is 0 Å². The van der Waals surface area contributed by atoms with Crippen LogP contribution >= 0.6 is 15.9 Å². The molecule has 7 heteroatoms. The molecule has 0 fully saturated rings. The molecule has 2 heterocycles. The smallest absolute Gasteiger partial charge is 0.391 e. The van der Waals surface area contributed by atoms with Crippen LogP contribution in [0.3, 0.4) is 0 Å². The molecule has 142 valence electrons. The molecule has 2 atom stereocenters. The molecule has 4 rings (SSSR count). The molecule has 0 saturated heterocycles. The fraction of sp³-hybridized carbons (Fsp3) is 0.350. The second-order valence-corrected chi connectivity index (χ2v) is 7.90. The molecule has 2 aliphatic heterocycles. The van der Waals surface area contributed by atoms with Crippen LogP contribution in [0.15, 0.2) is 53.7 Å². The molecular weight excluding hydrogens is 421 g/mol. The zero-order valence-electron chi connectivity index (χ0n) is 14.4. The molecule has 0 N–H and O–H groups in total. The van der Waals surface area contributed by atoms with E-state index in [1.165, 1.54) is 17.7 Å². The molecule has 0 radical (unpaired) electrons. The number of alkyl halides is 3. The molecule has 0 spiro atoms. The van der Waals surface area contributed by atoms with Gasteiger partial charge in [0.1, 0.15) is 10.7 Å². The number of halogens is 4. The van der Waals surface area contributed by atoms with E-state index in [-0.39, 0.29) is 12.0 Å². The maximum absolute atomic E-state index is 13.0. The molecule has 0 aliphatic carbocycles. The predicted octanol–water partition coefficient (Wildman–Crippen LogP) is 5.38. The minimum atomic E-state index is -4.33. The number of hydrogen-bond acceptors (Lipinski definition) is 3. The second-order valence-electron chi connectivity index (χ2n) is 6.99. The molecule has 0 aromatic heterocycles. The summed E-state index contributed by atoms with van der Waals surface area (Å²) in [4.78, 5) is 7.70. The van der Waals surface area contributed by atoms with E-state index in [9.17, 15) is 13.2 Å². The van der Waals surface area contributed by atoms with Crippen LogP contribution in [0.25, 0.3) is 0 Å². The fourth-order valence-electron chi connectivity index (χ4n) is 3.80. The summed E-state index contributed by atoms with van der Waals surface area (Å²) in [6, 6.07) is 13.6. The van der Waals surface area contributed by atoms with Crippen molar-refractivity contribution in [2.24, 2.45) is 11.1 Å². The first-order valence-corrected chi connectivity index (χ1v) is 9.56. The van der Waals surface area contributed by atoms with E-state index in [2.05, 4.69) is 32.1 Å². The summed E-state index contributed by atoms with van der Waals surface area (Å²) in [6.45, 7) is 1.14. The Hall–Kier alpha value is -2.02. The van der Waals surface area contributed by atoms with Gasteiger partial charge in [0.05, 0.1) is 5.56 Å². The first-order valence-electron chi connectivity index (χ1n) is 8.77. The monoisotopic (exact) mass is 438 g/mol. The molecule has 2 aliphatic rings. The van der Waals surface area contributed by atoms with Crippen molar-refractivity contribution >= 4 is 26.2 Å². The standard InChI is InChI=1S/C20H18BrF3N2O/c21-19-10-18(27-25-19)15-9-14-5-1-2-7-17(14)26(12-15)11-13-4-3-6-16(8-13)20(22,23)24/h1-8,15,18H,9-12H2/t15-,18+/m1/s1. The molecule has 2 aromatic carbocycles. The zero-order chi connectivity index (χ0) is 19.0. The van der Waals surface area contributed by atoms with Gasteiger partial charge in [0, 0.05) is 31.1 Å². The van der Waals surface area contributed by atoms with Crippen molar-refractivity contribution in [2.75, 3.05) is 11.4 Å². The minimum absolute atomic E-state index is 0.0169. The van der Waals surface area contributed by atoms with Crippen molar-refractivity contribution in [3.8, 4) is 0 Å². The van der Waals surface area contributed by atoms with Crippen molar-refractivity contribution in [1.82, 2.24) is 0 Å². The van der Waals surface area contributed by atoms with Crippen LogP contribution in [0.5, 0.6) is 0 Å². The summed E-state index contributed by atoms with van der Waals surface area (Å²) in [7, 11) is 0. The first-order chi connectivity index (χ1) is 12.9. The third kappa shape index (κ3) is 3.98. The summed E-state index contributed by atoms with van der Waals surface area (Å²) in [6.07, 6.45) is -2.75. The van der Waals surface area contributed by atoms with Gasteiger partial charge in [-0.05, 0) is 51.7 Å². The lowest BCUT2D eigenvalue weighted by Crippen LogP contribution is -2.40. The van der Waals surface area contributed by atoms with Crippen LogP contribution in [-0.2, 0) is 24.0 Å². The van der Waals surface area contributed by atoms with Crippen LogP contribution in [-0.4, -0.2) is 17.3 Å². The van der Waals surface area contributed by atoms with Crippen molar-refractivity contribution in [3.63, 3.8) is 0 Å². The Morgan fingerprint density at radius 3 is 2.67 bits per heavy atom. The number of para-hydroxylation sites is 1. The maximum atomic E-state index is 13.0. The molecule has 3 nitrogen and oxygen atoms in total. The van der Waals surface area contributed by atoms with E-state index < -0.39 is 11.7 Å². The molecule has 0 unspecified atom stereocenters. The highest BCUT2D eigenvalue weighted by molar-refractivity contribution is 9.18. The Balaban J connectivity index is 1.59. The number of rotatable bonds is 3. The van der Waals surface area contributed by atoms with Crippen molar-refractivity contribution in [2.45, 2.75) is 31.7 Å². The Labute approximate surface area is 163 Å². The van der Waals surface area contributed by atoms with Crippen molar-refractivity contribution in [1.29, 1.82) is 0 Å². The lowest BCUT2D eigenvalue weighted by atomic mass is 9.87. The zero-order valence-corrected chi connectivity index (χ0v) is 16.0. The van der Waals surface area contributed by atoms with Crippen LogP contribution < -0.4 is 4.90 Å². The van der Waals surface area contributed by atoms with Gasteiger partial charge in [0.25, 0.3) is 0 Å². The van der Waals surface area contributed by atoms with Crippen LogP contribution in [0, 0.1) is 5.92 Å². The molecule has 0 bridgehead atoms. The molecule has 27 heavy (non-hydrogen) atoms. The van der Waals surface area contributed by atoms with Gasteiger partial charge in [-0.2, -0.15) is 13.2 Å². The van der Waals surface area contributed by atoms with E-state index in [0.29, 0.717) is 18.7 Å². The maximum Gasteiger partial charge on any atom is 0.416 e. The normalized spacial score (nSPS) is 22.2. The highest BCUT2D eigenvalue weighted by Gasteiger charge is 2.35. The van der Waals surface area contributed by atoms with Gasteiger partial charge in [-0.1, -0.05) is 35.5 Å². The summed E-state index contributed by atoms with van der Waals surface area (Å²) in [5, 5.41) is 3.99. The number of anilines is 1. The average Bonchev–Trinajstić information content (AvgIpc) is 3.08. The SMILES string of the molecule is FC(F)(F)c1cccc(CN2C[C@H]([C@@H]3CC(Br)=NO3)Cc3ccccc32)c1. The average molecular weight is 439 g/mol. The minimum Gasteiger partial charge on any atom is -0.391 e. The quantitative estimate of drug-likeness (QED) is 0.642. The fourth-order valence-corrected chi connectivity index (χ4v) is 4.21.